The number of nitrogens with one attached hydrogen (secondary N) is 1. The summed E-state index contributed by atoms with van der Waals surface area (Å²) in [5.74, 6) is 1.07. The molecule has 0 atom stereocenters. The van der Waals surface area contributed by atoms with E-state index in [1.807, 2.05) is 0 Å². The summed E-state index contributed by atoms with van der Waals surface area (Å²) in [6.45, 7) is 2.57. The maximum Gasteiger partial charge on any atom is 0.223 e. The van der Waals surface area contributed by atoms with E-state index in [1.54, 1.807) is 0 Å². The fraction of sp³-hybridized carbons (Fsp3) is 0.800. The normalized spacial score (nSPS) is 26.9. The van der Waals surface area contributed by atoms with E-state index in [-0.39, 0.29) is 11.8 Å². The summed E-state index contributed by atoms with van der Waals surface area (Å²) in [6.07, 6.45) is 4.32. The molecule has 0 bridgehead atoms. The minimum atomic E-state index is 0.115. The van der Waals surface area contributed by atoms with Crippen LogP contribution >= 0.6 is 12.2 Å². The number of amides is 1. The number of rotatable bonds is 3. The Hall–Kier alpha value is -0.640. The van der Waals surface area contributed by atoms with Crippen LogP contribution in [0.3, 0.4) is 0 Å². The zero-order valence-electron chi connectivity index (χ0n) is 8.58. The highest BCUT2D eigenvalue weighted by Crippen LogP contribution is 2.28. The van der Waals surface area contributed by atoms with Crippen molar-refractivity contribution in [2.75, 3.05) is 6.54 Å². The van der Waals surface area contributed by atoms with Gasteiger partial charge in [-0.05, 0) is 31.6 Å². The highest BCUT2D eigenvalue weighted by molar-refractivity contribution is 7.80. The number of hydrogen-bond donors (Lipinski definition) is 2. The van der Waals surface area contributed by atoms with Crippen molar-refractivity contribution in [3.8, 4) is 0 Å². The van der Waals surface area contributed by atoms with Gasteiger partial charge in [-0.15, -0.1) is 0 Å². The first-order valence-corrected chi connectivity index (χ1v) is 5.56. The van der Waals surface area contributed by atoms with Crippen molar-refractivity contribution in [3.05, 3.63) is 0 Å². The first kappa shape index (κ1) is 11.4. The molecular formula is C10H18N2OS. The van der Waals surface area contributed by atoms with Gasteiger partial charge in [0.2, 0.25) is 5.91 Å². The maximum atomic E-state index is 11.6. The second kappa shape index (κ2) is 5.29. The number of hydrogen-bond acceptors (Lipinski definition) is 2. The Morgan fingerprint density at radius 1 is 1.43 bits per heavy atom. The summed E-state index contributed by atoms with van der Waals surface area (Å²) in [7, 11) is 0. The Morgan fingerprint density at radius 2 is 2.00 bits per heavy atom. The van der Waals surface area contributed by atoms with Gasteiger partial charge >= 0.3 is 0 Å². The van der Waals surface area contributed by atoms with E-state index in [2.05, 4.69) is 12.2 Å². The molecule has 1 fully saturated rings. The van der Waals surface area contributed by atoms with Crippen molar-refractivity contribution in [1.29, 1.82) is 0 Å². The van der Waals surface area contributed by atoms with E-state index in [9.17, 15) is 4.79 Å². The van der Waals surface area contributed by atoms with Crippen molar-refractivity contribution in [1.82, 2.24) is 5.32 Å². The first-order chi connectivity index (χ1) is 6.59. The predicted octanol–water partition coefficient (Wildman–Crippen LogP) is 1.22. The second-order valence-electron chi connectivity index (χ2n) is 4.14. The summed E-state index contributed by atoms with van der Waals surface area (Å²) in [5.41, 5.74) is 5.31. The molecule has 1 amide bonds. The van der Waals surface area contributed by atoms with Gasteiger partial charge in [0.15, 0.2) is 0 Å². The van der Waals surface area contributed by atoms with Gasteiger partial charge in [-0.1, -0.05) is 19.1 Å². The molecule has 0 aromatic carbocycles. The van der Waals surface area contributed by atoms with Crippen LogP contribution in [-0.2, 0) is 4.79 Å². The Kier molecular flexibility index (Phi) is 4.32. The van der Waals surface area contributed by atoms with Crippen LogP contribution in [0.4, 0.5) is 0 Å². The summed E-state index contributed by atoms with van der Waals surface area (Å²) in [4.78, 5) is 11.9. The average Bonchev–Trinajstić information content (AvgIpc) is 2.15. The van der Waals surface area contributed by atoms with Gasteiger partial charge in [0, 0.05) is 5.92 Å². The molecule has 0 aliphatic heterocycles. The smallest absolute Gasteiger partial charge is 0.223 e. The lowest BCUT2D eigenvalue weighted by Gasteiger charge is -2.25. The summed E-state index contributed by atoms with van der Waals surface area (Å²) in [5, 5.41) is 2.76. The zero-order valence-corrected chi connectivity index (χ0v) is 9.40. The van der Waals surface area contributed by atoms with Crippen molar-refractivity contribution < 1.29 is 4.79 Å². The van der Waals surface area contributed by atoms with Gasteiger partial charge in [0.05, 0.1) is 11.5 Å². The van der Waals surface area contributed by atoms with Crippen molar-refractivity contribution in [2.24, 2.45) is 17.6 Å². The molecule has 0 aromatic heterocycles. The average molecular weight is 214 g/mol. The molecule has 0 aromatic rings. The Bertz CT molecular complexity index is 222. The van der Waals surface area contributed by atoms with Crippen LogP contribution in [0.15, 0.2) is 0 Å². The maximum absolute atomic E-state index is 11.6. The summed E-state index contributed by atoms with van der Waals surface area (Å²) < 4.78 is 0. The van der Waals surface area contributed by atoms with Crippen LogP contribution in [0.5, 0.6) is 0 Å². The molecular weight excluding hydrogens is 196 g/mol. The van der Waals surface area contributed by atoms with Crippen LogP contribution in [0, 0.1) is 11.8 Å². The van der Waals surface area contributed by atoms with Gasteiger partial charge in [-0.3, -0.25) is 4.79 Å². The van der Waals surface area contributed by atoms with Gasteiger partial charge in [0.1, 0.15) is 0 Å². The highest BCUT2D eigenvalue weighted by Gasteiger charge is 2.23. The third-order valence-electron chi connectivity index (χ3n) is 2.82. The number of carbonyl (C=O) groups is 1. The van der Waals surface area contributed by atoms with E-state index >= 15 is 0 Å². The van der Waals surface area contributed by atoms with E-state index < -0.39 is 0 Å². The predicted molar refractivity (Wildman–Crippen MR) is 60.9 cm³/mol. The fourth-order valence-corrected chi connectivity index (χ4v) is 1.91. The molecule has 0 spiro atoms. The van der Waals surface area contributed by atoms with Gasteiger partial charge in [-0.2, -0.15) is 0 Å². The number of thiocarbonyl (C=S) groups is 1. The standard InChI is InChI=1S/C10H18N2OS/c1-7-2-4-8(5-3-7)10(13)12-6-9(11)14/h7-8H,2-6H2,1H3,(H2,11,14)(H,12,13). The molecule has 0 unspecified atom stereocenters. The second-order valence-corrected chi connectivity index (χ2v) is 4.67. The van der Waals surface area contributed by atoms with Crippen LogP contribution in [0.1, 0.15) is 32.6 Å². The third-order valence-corrected chi connectivity index (χ3v) is 2.97. The minimum Gasteiger partial charge on any atom is -0.392 e. The van der Waals surface area contributed by atoms with Gasteiger partial charge in [-0.25, -0.2) is 0 Å². The van der Waals surface area contributed by atoms with E-state index in [1.165, 1.54) is 0 Å². The number of carbonyl (C=O) groups excluding carboxylic acids is 1. The SMILES string of the molecule is CC1CCC(C(=O)NCC(N)=S)CC1. The molecule has 0 radical (unpaired) electrons. The molecule has 1 aliphatic carbocycles. The van der Waals surface area contributed by atoms with Crippen LogP contribution in [-0.4, -0.2) is 17.4 Å². The molecule has 3 N–H and O–H groups in total. The van der Waals surface area contributed by atoms with Crippen LogP contribution in [0.25, 0.3) is 0 Å². The molecule has 3 nitrogen and oxygen atoms in total. The Morgan fingerprint density at radius 3 is 2.50 bits per heavy atom. The quantitative estimate of drug-likeness (QED) is 0.694. The largest absolute Gasteiger partial charge is 0.392 e. The van der Waals surface area contributed by atoms with Gasteiger partial charge in [0.25, 0.3) is 0 Å². The van der Waals surface area contributed by atoms with Crippen molar-refractivity contribution in [3.63, 3.8) is 0 Å². The zero-order chi connectivity index (χ0) is 10.6. The minimum absolute atomic E-state index is 0.115. The highest BCUT2D eigenvalue weighted by atomic mass is 32.1. The third kappa shape index (κ3) is 3.62. The van der Waals surface area contributed by atoms with E-state index in [4.69, 9.17) is 18.0 Å². The molecule has 1 saturated carbocycles. The molecule has 14 heavy (non-hydrogen) atoms. The summed E-state index contributed by atoms with van der Waals surface area (Å²) >= 11 is 4.70. The van der Waals surface area contributed by atoms with Crippen LogP contribution < -0.4 is 11.1 Å². The molecule has 1 aliphatic rings. The lowest BCUT2D eigenvalue weighted by atomic mass is 9.82. The lowest BCUT2D eigenvalue weighted by Crippen LogP contribution is -2.37. The Balaban J connectivity index is 2.27. The molecule has 0 heterocycles. The van der Waals surface area contributed by atoms with E-state index in [0.717, 1.165) is 31.6 Å². The van der Waals surface area contributed by atoms with Crippen molar-refractivity contribution >= 4 is 23.1 Å². The van der Waals surface area contributed by atoms with E-state index in [0.29, 0.717) is 11.5 Å². The monoisotopic (exact) mass is 214 g/mol. The van der Waals surface area contributed by atoms with Crippen molar-refractivity contribution in [2.45, 2.75) is 32.6 Å². The van der Waals surface area contributed by atoms with Crippen LogP contribution in [0.2, 0.25) is 0 Å². The lowest BCUT2D eigenvalue weighted by molar-refractivity contribution is -0.125. The molecule has 80 valence electrons. The molecule has 0 saturated heterocycles. The number of nitrogens with two attached hydrogens (primary N) is 1. The van der Waals surface area contributed by atoms with Gasteiger partial charge < -0.3 is 11.1 Å². The molecule has 4 heteroatoms. The summed E-state index contributed by atoms with van der Waals surface area (Å²) in [6, 6.07) is 0. The Labute approximate surface area is 90.4 Å². The molecule has 1 rings (SSSR count). The topological polar surface area (TPSA) is 55.1 Å². The first-order valence-electron chi connectivity index (χ1n) is 5.15. The fourth-order valence-electron chi connectivity index (χ4n) is 1.84.